The Morgan fingerprint density at radius 2 is 1.65 bits per heavy atom. The predicted molar refractivity (Wildman–Crippen MR) is 65.9 cm³/mol. The smallest absolute Gasteiger partial charge is 0.122 e. The van der Waals surface area contributed by atoms with Crippen molar-refractivity contribution >= 4 is 0 Å². The van der Waals surface area contributed by atoms with Gasteiger partial charge in [0.05, 0.1) is 19.8 Å². The van der Waals surface area contributed by atoms with Crippen LogP contribution >= 0.6 is 0 Å². The van der Waals surface area contributed by atoms with E-state index in [1.807, 2.05) is 18.2 Å². The molecule has 4 heteroatoms. The highest BCUT2D eigenvalue weighted by Crippen LogP contribution is 2.28. The quantitative estimate of drug-likeness (QED) is 0.836. The summed E-state index contributed by atoms with van der Waals surface area (Å²) in [6, 6.07) is 5.94. The molecule has 4 nitrogen and oxygen atoms in total. The molecule has 1 aromatic rings. The summed E-state index contributed by atoms with van der Waals surface area (Å²) in [5.41, 5.74) is 1.10. The fraction of sp³-hybridized carbons (Fsp3) is 0.538. The van der Waals surface area contributed by atoms with Crippen LogP contribution in [0.15, 0.2) is 18.2 Å². The van der Waals surface area contributed by atoms with Gasteiger partial charge in [-0.2, -0.15) is 0 Å². The number of methoxy groups -OCH3 is 3. The fourth-order valence-electron chi connectivity index (χ4n) is 2.09. The molecule has 17 heavy (non-hydrogen) atoms. The SMILES string of the molecule is COc1cc(CC2(OC)CNC2)cc(OC)c1. The van der Waals surface area contributed by atoms with Crippen LogP contribution in [-0.4, -0.2) is 40.0 Å². The molecular weight excluding hydrogens is 218 g/mol. The van der Waals surface area contributed by atoms with E-state index in [0.29, 0.717) is 0 Å². The van der Waals surface area contributed by atoms with E-state index in [9.17, 15) is 0 Å². The van der Waals surface area contributed by atoms with Gasteiger partial charge in [0, 0.05) is 32.7 Å². The van der Waals surface area contributed by atoms with Gasteiger partial charge in [-0.3, -0.25) is 0 Å². The minimum absolute atomic E-state index is 0.0720. The maximum Gasteiger partial charge on any atom is 0.122 e. The van der Waals surface area contributed by atoms with Crippen molar-refractivity contribution in [1.82, 2.24) is 5.32 Å². The molecule has 0 unspecified atom stereocenters. The van der Waals surface area contributed by atoms with Crippen molar-refractivity contribution in [3.63, 3.8) is 0 Å². The summed E-state index contributed by atoms with van der Waals surface area (Å²) in [5.74, 6) is 1.63. The Hall–Kier alpha value is -1.26. The molecule has 0 radical (unpaired) electrons. The van der Waals surface area contributed by atoms with Crippen molar-refractivity contribution in [1.29, 1.82) is 0 Å². The maximum atomic E-state index is 5.58. The standard InChI is InChI=1S/C13H19NO3/c1-15-11-4-10(5-12(6-11)16-2)7-13(17-3)8-14-9-13/h4-6,14H,7-9H2,1-3H3. The first kappa shape index (κ1) is 12.2. The Kier molecular flexibility index (Phi) is 3.54. The van der Waals surface area contributed by atoms with Crippen molar-refractivity contribution in [2.24, 2.45) is 0 Å². The Morgan fingerprint density at radius 1 is 1.06 bits per heavy atom. The number of hydrogen-bond acceptors (Lipinski definition) is 4. The summed E-state index contributed by atoms with van der Waals surface area (Å²) < 4.78 is 16.1. The molecule has 0 spiro atoms. The highest BCUT2D eigenvalue weighted by molar-refractivity contribution is 5.39. The largest absolute Gasteiger partial charge is 0.497 e. The third-order valence-electron chi connectivity index (χ3n) is 3.26. The summed E-state index contributed by atoms with van der Waals surface area (Å²) in [5, 5.41) is 3.24. The van der Waals surface area contributed by atoms with Crippen LogP contribution in [0.3, 0.4) is 0 Å². The zero-order chi connectivity index (χ0) is 12.3. The Morgan fingerprint density at radius 3 is 2.00 bits per heavy atom. The van der Waals surface area contributed by atoms with Gasteiger partial charge in [-0.25, -0.2) is 0 Å². The maximum absolute atomic E-state index is 5.58. The molecule has 0 bridgehead atoms. The zero-order valence-electron chi connectivity index (χ0n) is 10.6. The number of nitrogens with one attached hydrogen (secondary N) is 1. The molecule has 1 heterocycles. The molecule has 0 saturated carbocycles. The van der Waals surface area contributed by atoms with Gasteiger partial charge in [-0.05, 0) is 17.7 Å². The molecule has 0 atom stereocenters. The zero-order valence-corrected chi connectivity index (χ0v) is 10.6. The topological polar surface area (TPSA) is 39.7 Å². The van der Waals surface area contributed by atoms with Crippen molar-refractivity contribution in [2.75, 3.05) is 34.4 Å². The summed E-state index contributed by atoms with van der Waals surface area (Å²) in [4.78, 5) is 0. The van der Waals surface area contributed by atoms with Crippen molar-refractivity contribution in [2.45, 2.75) is 12.0 Å². The normalized spacial score (nSPS) is 17.4. The van der Waals surface area contributed by atoms with Gasteiger partial charge in [0.1, 0.15) is 11.5 Å². The molecule has 1 fully saturated rings. The molecule has 94 valence electrons. The van der Waals surface area contributed by atoms with Crippen LogP contribution in [0.4, 0.5) is 0 Å². The summed E-state index contributed by atoms with van der Waals surface area (Å²) >= 11 is 0. The summed E-state index contributed by atoms with van der Waals surface area (Å²) in [7, 11) is 5.09. The molecule has 1 aromatic carbocycles. The van der Waals surface area contributed by atoms with Gasteiger partial charge in [-0.1, -0.05) is 0 Å². The average molecular weight is 237 g/mol. The van der Waals surface area contributed by atoms with Gasteiger partial charge >= 0.3 is 0 Å². The first-order valence-electron chi connectivity index (χ1n) is 5.69. The molecule has 0 aromatic heterocycles. The molecule has 2 rings (SSSR count). The lowest BCUT2D eigenvalue weighted by Gasteiger charge is -2.41. The monoisotopic (exact) mass is 237 g/mol. The van der Waals surface area contributed by atoms with Crippen LogP contribution in [0.5, 0.6) is 11.5 Å². The minimum Gasteiger partial charge on any atom is -0.497 e. The summed E-state index contributed by atoms with van der Waals surface area (Å²) in [6.45, 7) is 1.78. The number of rotatable bonds is 5. The molecule has 1 N–H and O–H groups in total. The lowest BCUT2D eigenvalue weighted by molar-refractivity contribution is -0.0502. The van der Waals surface area contributed by atoms with Crippen molar-refractivity contribution < 1.29 is 14.2 Å². The van der Waals surface area contributed by atoms with Crippen LogP contribution in [0.1, 0.15) is 5.56 Å². The lowest BCUT2D eigenvalue weighted by Crippen LogP contribution is -2.61. The molecule has 1 saturated heterocycles. The first-order valence-corrected chi connectivity index (χ1v) is 5.69. The van der Waals surface area contributed by atoms with Crippen LogP contribution in [0.2, 0.25) is 0 Å². The predicted octanol–water partition coefficient (Wildman–Crippen LogP) is 1.23. The Balaban J connectivity index is 2.19. The van der Waals surface area contributed by atoms with E-state index < -0.39 is 0 Å². The molecule has 1 aliphatic heterocycles. The fourth-order valence-corrected chi connectivity index (χ4v) is 2.09. The number of ether oxygens (including phenoxy) is 3. The van der Waals surface area contributed by atoms with Gasteiger partial charge in [0.15, 0.2) is 0 Å². The molecular formula is C13H19NO3. The highest BCUT2D eigenvalue weighted by Gasteiger charge is 2.37. The second-order valence-corrected chi connectivity index (χ2v) is 4.39. The second-order valence-electron chi connectivity index (χ2n) is 4.39. The van der Waals surface area contributed by atoms with Crippen LogP contribution in [0.25, 0.3) is 0 Å². The molecule has 1 aliphatic rings. The Labute approximate surface area is 102 Å². The van der Waals surface area contributed by atoms with Crippen LogP contribution in [-0.2, 0) is 11.2 Å². The van der Waals surface area contributed by atoms with Gasteiger partial charge in [0.2, 0.25) is 0 Å². The van der Waals surface area contributed by atoms with E-state index in [-0.39, 0.29) is 5.60 Å². The number of benzene rings is 1. The summed E-state index contributed by atoms with van der Waals surface area (Å²) in [6.07, 6.45) is 0.865. The second kappa shape index (κ2) is 4.94. The highest BCUT2D eigenvalue weighted by atomic mass is 16.5. The van der Waals surface area contributed by atoms with Crippen molar-refractivity contribution in [3.05, 3.63) is 23.8 Å². The van der Waals surface area contributed by atoms with Gasteiger partial charge in [-0.15, -0.1) is 0 Å². The van der Waals surface area contributed by atoms with Gasteiger partial charge in [0.25, 0.3) is 0 Å². The van der Waals surface area contributed by atoms with E-state index in [4.69, 9.17) is 14.2 Å². The van der Waals surface area contributed by atoms with Crippen LogP contribution < -0.4 is 14.8 Å². The van der Waals surface area contributed by atoms with E-state index in [1.165, 1.54) is 5.56 Å². The third kappa shape index (κ3) is 2.53. The van der Waals surface area contributed by atoms with Crippen LogP contribution in [0, 0.1) is 0 Å². The van der Waals surface area contributed by atoms with E-state index >= 15 is 0 Å². The lowest BCUT2D eigenvalue weighted by atomic mass is 9.88. The van der Waals surface area contributed by atoms with E-state index in [1.54, 1.807) is 21.3 Å². The van der Waals surface area contributed by atoms with Crippen molar-refractivity contribution in [3.8, 4) is 11.5 Å². The van der Waals surface area contributed by atoms with Gasteiger partial charge < -0.3 is 19.5 Å². The molecule has 0 aliphatic carbocycles. The Bertz CT molecular complexity index is 360. The minimum atomic E-state index is -0.0720. The molecule has 0 amide bonds. The average Bonchev–Trinajstić information content (AvgIpc) is 2.33. The third-order valence-corrected chi connectivity index (χ3v) is 3.26. The van der Waals surface area contributed by atoms with E-state index in [0.717, 1.165) is 31.0 Å². The first-order chi connectivity index (χ1) is 8.21. The van der Waals surface area contributed by atoms with E-state index in [2.05, 4.69) is 5.32 Å². The number of hydrogen-bond donors (Lipinski definition) is 1.